The second kappa shape index (κ2) is 16.7. The molecule has 0 aliphatic heterocycles. The summed E-state index contributed by atoms with van der Waals surface area (Å²) in [4.78, 5) is 29.4. The van der Waals surface area contributed by atoms with Crippen LogP contribution >= 0.6 is 69.6 Å². The van der Waals surface area contributed by atoms with Crippen molar-refractivity contribution in [1.29, 1.82) is 0 Å². The van der Waals surface area contributed by atoms with Crippen molar-refractivity contribution in [2.45, 2.75) is 50.9 Å². The number of ether oxygens (including phenoxy) is 1. The van der Waals surface area contributed by atoms with Gasteiger partial charge in [0.25, 0.3) is 0 Å². The summed E-state index contributed by atoms with van der Waals surface area (Å²) in [5.74, 6) is -0.904. The second-order valence-electron chi connectivity index (χ2n) is 12.6. The van der Waals surface area contributed by atoms with Gasteiger partial charge in [-0.15, -0.1) is 0 Å². The van der Waals surface area contributed by atoms with Gasteiger partial charge in [-0.1, -0.05) is 100 Å². The normalized spacial score (nSPS) is 15.6. The topological polar surface area (TPSA) is 117 Å². The van der Waals surface area contributed by atoms with Gasteiger partial charge in [0.05, 0.1) is 16.1 Å². The first kappa shape index (κ1) is 38.1. The fourth-order valence-corrected chi connectivity index (χ4v) is 7.52. The molecule has 1 N–H and O–H groups in total. The van der Waals surface area contributed by atoms with Crippen molar-refractivity contribution < 1.29 is 14.3 Å². The van der Waals surface area contributed by atoms with Crippen LogP contribution in [-0.2, 0) is 27.4 Å². The standard InChI is InChI=1S/C38H29Cl6N7O3/c39-23-9-5-21(6-10-23)35-37(27-15-13-25(41)17-29(27)43)48-50(46-35)19-33(52)45-31-3-1-2-4-32(31)54-34(53)20-51-47-36(22-7-11-24(40)12-8-22)38(49-51)28-16-14-26(42)18-30(28)44/h5-18,31-32H,1-4,19-20H2,(H,45,52)/t31-,32-/m0/s1. The highest BCUT2D eigenvalue weighted by molar-refractivity contribution is 6.37. The molecule has 54 heavy (non-hydrogen) atoms. The van der Waals surface area contributed by atoms with E-state index in [1.54, 1.807) is 60.7 Å². The van der Waals surface area contributed by atoms with Crippen molar-refractivity contribution >= 4 is 81.5 Å². The van der Waals surface area contributed by atoms with E-state index in [9.17, 15) is 9.59 Å². The van der Waals surface area contributed by atoms with E-state index < -0.39 is 18.1 Å². The molecule has 2 atom stereocenters. The molecule has 10 nitrogen and oxygen atoms in total. The van der Waals surface area contributed by atoms with Crippen molar-refractivity contribution in [3.63, 3.8) is 0 Å². The van der Waals surface area contributed by atoms with E-state index in [1.165, 1.54) is 9.59 Å². The molecule has 2 heterocycles. The number of hydrogen-bond donors (Lipinski definition) is 1. The van der Waals surface area contributed by atoms with Gasteiger partial charge in [-0.25, -0.2) is 4.79 Å². The van der Waals surface area contributed by atoms with Crippen LogP contribution in [0.3, 0.4) is 0 Å². The summed E-state index contributed by atoms with van der Waals surface area (Å²) in [6, 6.07) is 23.9. The average Bonchev–Trinajstić information content (AvgIpc) is 3.74. The van der Waals surface area contributed by atoms with E-state index in [0.29, 0.717) is 76.9 Å². The Labute approximate surface area is 340 Å². The number of halogens is 6. The lowest BCUT2D eigenvalue weighted by Gasteiger charge is -2.31. The largest absolute Gasteiger partial charge is 0.459 e. The van der Waals surface area contributed by atoms with Crippen LogP contribution in [0.5, 0.6) is 0 Å². The zero-order valence-electron chi connectivity index (χ0n) is 28.2. The third-order valence-corrected chi connectivity index (χ3v) is 10.4. The highest BCUT2D eigenvalue weighted by Crippen LogP contribution is 2.37. The van der Waals surface area contributed by atoms with E-state index in [-0.39, 0.29) is 19.0 Å². The quantitative estimate of drug-likeness (QED) is 0.137. The number of carbonyl (C=O) groups is 2. The van der Waals surface area contributed by atoms with Crippen molar-refractivity contribution in [2.75, 3.05) is 0 Å². The third kappa shape index (κ3) is 8.86. The molecule has 0 radical (unpaired) electrons. The highest BCUT2D eigenvalue weighted by atomic mass is 35.5. The maximum Gasteiger partial charge on any atom is 0.330 e. The number of esters is 1. The molecule has 7 rings (SSSR count). The molecule has 276 valence electrons. The van der Waals surface area contributed by atoms with Gasteiger partial charge in [0.15, 0.2) is 6.54 Å². The summed E-state index contributed by atoms with van der Waals surface area (Å²) in [5, 5.41) is 24.4. The SMILES string of the molecule is O=C(Cn1nc(-c2ccc(Cl)cc2)c(-c2ccc(Cl)cc2Cl)n1)N[C@H]1CCCC[C@@H]1OC(=O)Cn1nc(-c2ccc(Cl)cc2)c(-c2ccc(Cl)cc2Cl)n1. The van der Waals surface area contributed by atoms with E-state index in [1.807, 2.05) is 24.3 Å². The lowest BCUT2D eigenvalue weighted by atomic mass is 9.92. The van der Waals surface area contributed by atoms with Gasteiger partial charge in [-0.2, -0.15) is 30.0 Å². The van der Waals surface area contributed by atoms with Crippen LogP contribution in [-0.4, -0.2) is 54.0 Å². The Morgan fingerprint density at radius 1 is 0.593 bits per heavy atom. The van der Waals surface area contributed by atoms with Crippen LogP contribution in [0.1, 0.15) is 25.7 Å². The number of rotatable bonds is 10. The molecule has 4 aromatic carbocycles. The number of aromatic nitrogens is 6. The maximum absolute atomic E-state index is 13.5. The Balaban J connectivity index is 1.06. The second-order valence-corrected chi connectivity index (χ2v) is 15.2. The van der Waals surface area contributed by atoms with Gasteiger partial charge in [0.1, 0.15) is 35.4 Å². The van der Waals surface area contributed by atoms with E-state index in [0.717, 1.165) is 24.0 Å². The van der Waals surface area contributed by atoms with Crippen LogP contribution < -0.4 is 5.32 Å². The molecule has 0 spiro atoms. The molecule has 1 aliphatic rings. The molecule has 1 aliphatic carbocycles. The maximum atomic E-state index is 13.5. The monoisotopic (exact) mass is 841 g/mol. The minimum absolute atomic E-state index is 0.191. The summed E-state index contributed by atoms with van der Waals surface area (Å²) < 4.78 is 5.96. The first-order chi connectivity index (χ1) is 26.0. The molecule has 1 fully saturated rings. The summed E-state index contributed by atoms with van der Waals surface area (Å²) >= 11 is 37.7. The molecule has 16 heteroatoms. The van der Waals surface area contributed by atoms with Crippen molar-refractivity contribution in [1.82, 2.24) is 35.3 Å². The molecular formula is C38H29Cl6N7O3. The van der Waals surface area contributed by atoms with E-state index in [4.69, 9.17) is 74.3 Å². The van der Waals surface area contributed by atoms with Crippen molar-refractivity contribution in [3.05, 3.63) is 115 Å². The van der Waals surface area contributed by atoms with Crippen LogP contribution in [0.2, 0.25) is 30.1 Å². The highest BCUT2D eigenvalue weighted by Gasteiger charge is 2.31. The van der Waals surface area contributed by atoms with E-state index in [2.05, 4.69) is 25.7 Å². The average molecular weight is 844 g/mol. The zero-order chi connectivity index (χ0) is 37.9. The predicted octanol–water partition coefficient (Wildman–Crippen LogP) is 10.1. The fourth-order valence-electron chi connectivity index (χ4n) is 6.27. The molecule has 1 saturated carbocycles. The Morgan fingerprint density at radius 2 is 1.04 bits per heavy atom. The Bertz CT molecular complexity index is 2170. The lowest BCUT2D eigenvalue weighted by Crippen LogP contribution is -2.48. The minimum Gasteiger partial charge on any atom is -0.459 e. The van der Waals surface area contributed by atoms with Gasteiger partial charge in [0, 0.05) is 42.3 Å². The predicted molar refractivity (Wildman–Crippen MR) is 212 cm³/mol. The number of nitrogens with zero attached hydrogens (tertiary/aromatic N) is 6. The van der Waals surface area contributed by atoms with Gasteiger partial charge in [0.2, 0.25) is 5.91 Å². The molecule has 2 aromatic heterocycles. The summed E-state index contributed by atoms with van der Waals surface area (Å²) in [7, 11) is 0. The Hall–Kier alpha value is -4.16. The third-order valence-electron chi connectivity index (χ3n) is 8.81. The zero-order valence-corrected chi connectivity index (χ0v) is 32.7. The van der Waals surface area contributed by atoms with Gasteiger partial charge in [-0.3, -0.25) is 4.79 Å². The lowest BCUT2D eigenvalue weighted by molar-refractivity contribution is -0.154. The summed E-state index contributed by atoms with van der Waals surface area (Å²) in [6.45, 7) is -0.465. The number of carbonyl (C=O) groups excluding carboxylic acids is 2. The molecule has 0 saturated heterocycles. The van der Waals surface area contributed by atoms with E-state index >= 15 is 0 Å². The fraction of sp³-hybridized carbons (Fsp3) is 0.211. The molecule has 6 aromatic rings. The van der Waals surface area contributed by atoms with Crippen molar-refractivity contribution in [3.8, 4) is 45.0 Å². The van der Waals surface area contributed by atoms with Crippen LogP contribution in [0.15, 0.2) is 84.9 Å². The minimum atomic E-state index is -0.565. The number of hydrogen-bond acceptors (Lipinski definition) is 7. The van der Waals surface area contributed by atoms with Crippen molar-refractivity contribution in [2.24, 2.45) is 0 Å². The number of amides is 1. The van der Waals surface area contributed by atoms with Gasteiger partial charge in [-0.05, 0) is 79.9 Å². The molecule has 0 bridgehead atoms. The van der Waals surface area contributed by atoms with Crippen LogP contribution in [0.25, 0.3) is 45.0 Å². The van der Waals surface area contributed by atoms with Gasteiger partial charge < -0.3 is 10.1 Å². The van der Waals surface area contributed by atoms with Crippen LogP contribution in [0, 0.1) is 0 Å². The Kier molecular flexibility index (Phi) is 11.8. The molecule has 0 unspecified atom stereocenters. The summed E-state index contributed by atoms with van der Waals surface area (Å²) in [5.41, 5.74) is 4.61. The smallest absolute Gasteiger partial charge is 0.330 e. The number of benzene rings is 4. The summed E-state index contributed by atoms with van der Waals surface area (Å²) in [6.07, 6.45) is 2.32. The first-order valence-electron chi connectivity index (χ1n) is 16.8. The molecular weight excluding hydrogens is 815 g/mol. The Morgan fingerprint density at radius 3 is 1.54 bits per heavy atom. The molecule has 1 amide bonds. The number of nitrogens with one attached hydrogen (secondary N) is 1. The van der Waals surface area contributed by atoms with Crippen LogP contribution in [0.4, 0.5) is 0 Å². The van der Waals surface area contributed by atoms with Gasteiger partial charge >= 0.3 is 5.97 Å². The first-order valence-corrected chi connectivity index (χ1v) is 19.1.